The van der Waals surface area contributed by atoms with Gasteiger partial charge in [-0.25, -0.2) is 4.79 Å². The Kier molecular flexibility index (Phi) is 5.21. The molecule has 2 aliphatic carbocycles. The first-order valence-corrected chi connectivity index (χ1v) is 12.0. The van der Waals surface area contributed by atoms with Crippen LogP contribution >= 0.6 is 31.9 Å². The van der Waals surface area contributed by atoms with Gasteiger partial charge in [-0.3, -0.25) is 19.3 Å². The zero-order chi connectivity index (χ0) is 22.7. The molecule has 2 aromatic carbocycles. The Morgan fingerprint density at radius 2 is 1.34 bits per heavy atom. The van der Waals surface area contributed by atoms with Crippen molar-refractivity contribution in [3.63, 3.8) is 0 Å². The maximum absolute atomic E-state index is 13.1. The standard InChI is InChI=1S/C23H18Br2N2O5/c24-18-14-9-15(19(18)25)17-16(14)21(29)27(22(17)30)13-7-3-10(4-8-13)20(28)26-12-5-1-11(2-6-12)23(31)32/h1-8,14-19H,9H2,(H,26,28)(H,31,32)/t14-,15-,16-,17+,18-,19+/m1/s1. The highest BCUT2D eigenvalue weighted by molar-refractivity contribution is 9.12. The van der Waals surface area contributed by atoms with Crippen molar-refractivity contribution in [2.24, 2.45) is 23.7 Å². The first-order chi connectivity index (χ1) is 15.3. The Balaban J connectivity index is 1.32. The molecular weight excluding hydrogens is 544 g/mol. The monoisotopic (exact) mass is 560 g/mol. The van der Waals surface area contributed by atoms with Crippen LogP contribution < -0.4 is 10.2 Å². The fraction of sp³-hybridized carbons (Fsp3) is 0.304. The van der Waals surface area contributed by atoms with Gasteiger partial charge in [0.05, 0.1) is 23.1 Å². The minimum absolute atomic E-state index is 0.128. The van der Waals surface area contributed by atoms with Gasteiger partial charge < -0.3 is 10.4 Å². The van der Waals surface area contributed by atoms with Crippen molar-refractivity contribution in [1.29, 1.82) is 0 Å². The summed E-state index contributed by atoms with van der Waals surface area (Å²) in [6, 6.07) is 12.2. The molecule has 2 saturated carbocycles. The number of rotatable bonds is 4. The number of nitrogens with one attached hydrogen (secondary N) is 1. The van der Waals surface area contributed by atoms with E-state index in [0.29, 0.717) is 16.9 Å². The number of fused-ring (bicyclic) bond motifs is 5. The van der Waals surface area contributed by atoms with Crippen molar-refractivity contribution in [2.45, 2.75) is 16.1 Å². The summed E-state index contributed by atoms with van der Waals surface area (Å²) >= 11 is 7.36. The summed E-state index contributed by atoms with van der Waals surface area (Å²) in [6.07, 6.45) is 0.874. The summed E-state index contributed by atoms with van der Waals surface area (Å²) in [5, 5.41) is 11.7. The second-order valence-corrected chi connectivity index (χ2v) is 10.5. The molecule has 0 radical (unpaired) electrons. The second kappa shape index (κ2) is 7.81. The fourth-order valence-electron chi connectivity index (χ4n) is 5.26. The van der Waals surface area contributed by atoms with E-state index in [1.165, 1.54) is 29.2 Å². The molecule has 0 spiro atoms. The molecule has 0 aromatic heterocycles. The minimum atomic E-state index is -1.04. The number of hydrogen-bond donors (Lipinski definition) is 2. The van der Waals surface area contributed by atoms with Crippen LogP contribution in [0.5, 0.6) is 0 Å². The number of carboxylic acids is 1. The first-order valence-electron chi connectivity index (χ1n) is 10.2. The average molecular weight is 562 g/mol. The number of benzene rings is 2. The predicted octanol–water partition coefficient (Wildman–Crippen LogP) is 3.92. The highest BCUT2D eigenvalue weighted by Crippen LogP contribution is 2.60. The molecule has 7 nitrogen and oxygen atoms in total. The van der Waals surface area contributed by atoms with Gasteiger partial charge in [0.2, 0.25) is 11.8 Å². The summed E-state index contributed by atoms with van der Waals surface area (Å²) in [6.45, 7) is 0. The molecule has 1 heterocycles. The number of nitrogens with zero attached hydrogens (tertiary/aromatic N) is 1. The summed E-state index contributed by atoms with van der Waals surface area (Å²) in [5.41, 5.74) is 1.42. The van der Waals surface area contributed by atoms with Crippen LogP contribution in [-0.4, -0.2) is 38.5 Å². The van der Waals surface area contributed by atoms with Gasteiger partial charge in [0.25, 0.3) is 5.91 Å². The normalized spacial score (nSPS) is 30.5. The van der Waals surface area contributed by atoms with Crippen LogP contribution in [-0.2, 0) is 9.59 Å². The van der Waals surface area contributed by atoms with Gasteiger partial charge in [0, 0.05) is 20.9 Å². The van der Waals surface area contributed by atoms with E-state index in [1.54, 1.807) is 24.3 Å². The van der Waals surface area contributed by atoms with E-state index < -0.39 is 5.97 Å². The third kappa shape index (κ3) is 3.21. The van der Waals surface area contributed by atoms with E-state index in [0.717, 1.165) is 6.42 Å². The van der Waals surface area contributed by atoms with E-state index in [2.05, 4.69) is 37.2 Å². The molecular formula is C23H18Br2N2O5. The molecule has 32 heavy (non-hydrogen) atoms. The van der Waals surface area contributed by atoms with Crippen LogP contribution in [0.15, 0.2) is 48.5 Å². The number of amides is 3. The number of imide groups is 1. The number of aromatic carboxylic acids is 1. The van der Waals surface area contributed by atoms with E-state index >= 15 is 0 Å². The van der Waals surface area contributed by atoms with Crippen LogP contribution in [0.4, 0.5) is 11.4 Å². The fourth-order valence-corrected chi connectivity index (χ4v) is 7.14. The number of halogens is 2. The molecule has 6 atom stereocenters. The number of carbonyl (C=O) groups excluding carboxylic acids is 3. The topological polar surface area (TPSA) is 104 Å². The lowest BCUT2D eigenvalue weighted by atomic mass is 9.81. The third-order valence-electron chi connectivity index (χ3n) is 6.76. The molecule has 2 bridgehead atoms. The lowest BCUT2D eigenvalue weighted by molar-refractivity contribution is -0.123. The van der Waals surface area contributed by atoms with Crippen LogP contribution in [0, 0.1) is 23.7 Å². The van der Waals surface area contributed by atoms with Gasteiger partial charge >= 0.3 is 5.97 Å². The Bertz CT molecular complexity index is 1100. The first kappa shape index (κ1) is 21.3. The smallest absolute Gasteiger partial charge is 0.335 e. The highest BCUT2D eigenvalue weighted by atomic mass is 79.9. The van der Waals surface area contributed by atoms with Crippen LogP contribution in [0.25, 0.3) is 0 Å². The van der Waals surface area contributed by atoms with Gasteiger partial charge in [0.15, 0.2) is 0 Å². The molecule has 3 fully saturated rings. The molecule has 9 heteroatoms. The molecule has 1 saturated heterocycles. The molecule has 164 valence electrons. The SMILES string of the molecule is O=C(O)c1ccc(NC(=O)c2ccc(N3C(=O)[C@@H]4[C@H]5C[C@@H]([C@H](Br)[C@@H]5Br)[C@@H]4C3=O)cc2)cc1. The Labute approximate surface area is 200 Å². The summed E-state index contributed by atoms with van der Waals surface area (Å²) in [5.74, 6) is -2.02. The second-order valence-electron chi connectivity index (χ2n) is 8.40. The Morgan fingerprint density at radius 3 is 1.84 bits per heavy atom. The lowest BCUT2D eigenvalue weighted by Gasteiger charge is -2.28. The molecule has 1 aliphatic heterocycles. The quantitative estimate of drug-likeness (QED) is 0.435. The molecule has 3 aliphatic rings. The minimum Gasteiger partial charge on any atom is -0.478 e. The molecule has 5 rings (SSSR count). The summed E-state index contributed by atoms with van der Waals surface area (Å²) < 4.78 is 0. The van der Waals surface area contributed by atoms with Crippen molar-refractivity contribution in [1.82, 2.24) is 0 Å². The van der Waals surface area contributed by atoms with Gasteiger partial charge in [-0.05, 0) is 66.8 Å². The van der Waals surface area contributed by atoms with Gasteiger partial charge in [0.1, 0.15) is 0 Å². The van der Waals surface area contributed by atoms with Crippen LogP contribution in [0.1, 0.15) is 27.1 Å². The average Bonchev–Trinajstić information content (AvgIpc) is 3.39. The van der Waals surface area contributed by atoms with E-state index in [1.807, 2.05) is 0 Å². The van der Waals surface area contributed by atoms with Crippen LogP contribution in [0.3, 0.4) is 0 Å². The number of carboxylic acid groups (broad SMARTS) is 1. The number of carbonyl (C=O) groups is 4. The number of alkyl halides is 2. The van der Waals surface area contributed by atoms with Crippen molar-refractivity contribution in [3.8, 4) is 0 Å². The van der Waals surface area contributed by atoms with Crippen molar-refractivity contribution < 1.29 is 24.3 Å². The molecule has 0 unspecified atom stereocenters. The summed E-state index contributed by atoms with van der Waals surface area (Å²) in [7, 11) is 0. The Hall–Kier alpha value is -2.52. The molecule has 2 aromatic rings. The lowest BCUT2D eigenvalue weighted by Crippen LogP contribution is -2.37. The molecule has 2 N–H and O–H groups in total. The van der Waals surface area contributed by atoms with Gasteiger partial charge in [-0.15, -0.1) is 0 Å². The van der Waals surface area contributed by atoms with E-state index in [9.17, 15) is 19.2 Å². The van der Waals surface area contributed by atoms with E-state index in [-0.39, 0.29) is 56.6 Å². The zero-order valence-electron chi connectivity index (χ0n) is 16.6. The maximum Gasteiger partial charge on any atom is 0.335 e. The van der Waals surface area contributed by atoms with Crippen LogP contribution in [0.2, 0.25) is 0 Å². The third-order valence-corrected chi connectivity index (χ3v) is 9.97. The van der Waals surface area contributed by atoms with Crippen molar-refractivity contribution in [2.75, 3.05) is 10.2 Å². The number of anilines is 2. The predicted molar refractivity (Wildman–Crippen MR) is 124 cm³/mol. The zero-order valence-corrected chi connectivity index (χ0v) is 19.7. The maximum atomic E-state index is 13.1. The molecule has 3 amide bonds. The summed E-state index contributed by atoms with van der Waals surface area (Å²) in [4.78, 5) is 51.3. The number of hydrogen-bond acceptors (Lipinski definition) is 4. The van der Waals surface area contributed by atoms with Gasteiger partial charge in [-0.2, -0.15) is 0 Å². The van der Waals surface area contributed by atoms with Crippen molar-refractivity contribution in [3.05, 3.63) is 59.7 Å². The largest absolute Gasteiger partial charge is 0.478 e. The van der Waals surface area contributed by atoms with Gasteiger partial charge in [-0.1, -0.05) is 31.9 Å². The Morgan fingerprint density at radius 1 is 0.844 bits per heavy atom. The highest BCUT2D eigenvalue weighted by Gasteiger charge is 2.66. The van der Waals surface area contributed by atoms with E-state index in [4.69, 9.17) is 5.11 Å². The van der Waals surface area contributed by atoms with Crippen molar-refractivity contribution >= 4 is 66.9 Å².